The molecule has 14 nitrogen and oxygen atoms in total. The van der Waals surface area contributed by atoms with Crippen molar-refractivity contribution in [1.29, 1.82) is 0 Å². The van der Waals surface area contributed by atoms with Gasteiger partial charge in [-0.1, -0.05) is 13.5 Å². The highest BCUT2D eigenvalue weighted by Crippen LogP contribution is 2.32. The van der Waals surface area contributed by atoms with Crippen LogP contribution in [0.2, 0.25) is 0 Å². The first kappa shape index (κ1) is 31.0. The number of pyridine rings is 1. The quantitative estimate of drug-likeness (QED) is 0.247. The largest absolute Gasteiger partial charge is 0.480 e. The number of hydrogen-bond acceptors (Lipinski definition) is 10. The molecule has 1 saturated heterocycles. The Morgan fingerprint density at radius 2 is 1.79 bits per heavy atom. The molecular weight excluding hydrogens is 556 g/mol. The summed E-state index contributed by atoms with van der Waals surface area (Å²) in [4.78, 5) is 59.8. The molecule has 14 heteroatoms. The predicted octanol–water partition coefficient (Wildman–Crippen LogP) is 3.03. The number of fused-ring (bicyclic) bond motifs is 1. The second-order valence-electron chi connectivity index (χ2n) is 9.50. The number of aromatic amines is 1. The van der Waals surface area contributed by atoms with Crippen LogP contribution in [0.4, 0.5) is 10.7 Å². The fraction of sp³-hybridized carbons (Fsp3) is 0.345. The van der Waals surface area contributed by atoms with Gasteiger partial charge in [-0.05, 0) is 36.8 Å². The van der Waals surface area contributed by atoms with Gasteiger partial charge >= 0.3 is 12.1 Å². The molecule has 226 valence electrons. The summed E-state index contributed by atoms with van der Waals surface area (Å²) in [6.45, 7) is 4.29. The molecule has 0 bridgehead atoms. The lowest BCUT2D eigenvalue weighted by molar-refractivity contribution is -0.146. The van der Waals surface area contributed by atoms with E-state index in [9.17, 15) is 14.4 Å². The lowest BCUT2D eigenvalue weighted by Crippen LogP contribution is -2.49. The number of amides is 2. The number of carbonyl (C=O) groups is 3. The molecule has 0 aliphatic carbocycles. The van der Waals surface area contributed by atoms with Crippen LogP contribution in [0.25, 0.3) is 33.5 Å². The van der Waals surface area contributed by atoms with Crippen molar-refractivity contribution in [3.63, 3.8) is 0 Å². The van der Waals surface area contributed by atoms with Gasteiger partial charge in [0.25, 0.3) is 0 Å². The van der Waals surface area contributed by atoms with Crippen LogP contribution in [-0.4, -0.2) is 104 Å². The van der Waals surface area contributed by atoms with Crippen molar-refractivity contribution in [2.24, 2.45) is 0 Å². The van der Waals surface area contributed by atoms with Gasteiger partial charge in [-0.3, -0.25) is 20.0 Å². The molecule has 43 heavy (non-hydrogen) atoms. The molecule has 1 aliphatic heterocycles. The predicted molar refractivity (Wildman–Crippen MR) is 158 cm³/mol. The Bertz CT molecular complexity index is 1550. The third-order valence-electron chi connectivity index (χ3n) is 6.61. The molecule has 2 amide bonds. The minimum absolute atomic E-state index is 0. The zero-order valence-corrected chi connectivity index (χ0v) is 22.9. The van der Waals surface area contributed by atoms with E-state index < -0.39 is 18.7 Å². The molecule has 1 aromatic carbocycles. The molecule has 0 radical (unpaired) electrons. The van der Waals surface area contributed by atoms with Gasteiger partial charge in [0.15, 0.2) is 5.82 Å². The molecule has 0 unspecified atom stereocenters. The number of carbonyl (C=O) groups excluding carboxylic acids is 2. The Labute approximate surface area is 248 Å². The number of rotatable bonds is 10. The molecule has 0 spiro atoms. The number of H-pyrrole nitrogens is 1. The van der Waals surface area contributed by atoms with E-state index in [1.807, 2.05) is 24.3 Å². The summed E-state index contributed by atoms with van der Waals surface area (Å²) in [6.07, 6.45) is 4.52. The number of nitrogens with one attached hydrogen (secondary N) is 2. The monoisotopic (exact) mass is 590 g/mol. The van der Waals surface area contributed by atoms with E-state index in [1.54, 1.807) is 36.5 Å². The van der Waals surface area contributed by atoms with Crippen molar-refractivity contribution in [1.82, 2.24) is 34.7 Å². The Morgan fingerprint density at radius 1 is 1.02 bits per heavy atom. The highest BCUT2D eigenvalue weighted by Gasteiger charge is 2.22. The third-order valence-corrected chi connectivity index (χ3v) is 6.61. The van der Waals surface area contributed by atoms with Crippen LogP contribution in [0.5, 0.6) is 0 Å². The van der Waals surface area contributed by atoms with Gasteiger partial charge < -0.3 is 24.5 Å². The zero-order valence-electron chi connectivity index (χ0n) is 22.9. The number of aliphatic carboxylic acids is 1. The van der Waals surface area contributed by atoms with Crippen molar-refractivity contribution >= 4 is 35.0 Å². The number of piperazine rings is 1. The van der Waals surface area contributed by atoms with Crippen LogP contribution < -0.4 is 5.32 Å². The first-order chi connectivity index (χ1) is 20.4. The molecule has 3 aromatic heterocycles. The van der Waals surface area contributed by atoms with Crippen LogP contribution in [0.15, 0.2) is 48.9 Å². The summed E-state index contributed by atoms with van der Waals surface area (Å²) >= 11 is 0. The number of hydrogen-bond donors (Lipinski definition) is 3. The number of carboxylic acids is 1. The highest BCUT2D eigenvalue weighted by molar-refractivity contribution is 5.96. The number of anilines is 1. The summed E-state index contributed by atoms with van der Waals surface area (Å²) in [5.41, 5.74) is 4.62. The summed E-state index contributed by atoms with van der Waals surface area (Å²) in [5, 5.41) is 11.3. The first-order valence-electron chi connectivity index (χ1n) is 13.4. The number of nitrogens with zero attached hydrogens (tertiary/aromatic N) is 6. The van der Waals surface area contributed by atoms with Crippen molar-refractivity contribution in [3.05, 3.63) is 54.6 Å². The summed E-state index contributed by atoms with van der Waals surface area (Å²) < 4.78 is 9.88. The maximum Gasteiger partial charge on any atom is 0.413 e. The van der Waals surface area contributed by atoms with Crippen molar-refractivity contribution in [3.8, 4) is 22.5 Å². The SMILES string of the molecule is C.CCOC(=O)Nc1nc2c(-c3ncccn3)cc(-c3ccc(CN4CCN(C(=O)COCC(=O)O)CC4)nc3)cc2[nH]1. The fourth-order valence-electron chi connectivity index (χ4n) is 4.61. The Kier molecular flexibility index (Phi) is 10.3. The number of imidazole rings is 1. The van der Waals surface area contributed by atoms with Gasteiger partial charge in [-0.25, -0.2) is 24.5 Å². The molecule has 5 rings (SSSR count). The minimum Gasteiger partial charge on any atom is -0.480 e. The summed E-state index contributed by atoms with van der Waals surface area (Å²) in [6, 6.07) is 9.57. The molecule has 1 aliphatic rings. The minimum atomic E-state index is -1.10. The van der Waals surface area contributed by atoms with Crippen LogP contribution in [0, 0.1) is 0 Å². The molecule has 0 saturated carbocycles. The van der Waals surface area contributed by atoms with Gasteiger partial charge in [-0.15, -0.1) is 0 Å². The van der Waals surface area contributed by atoms with E-state index in [-0.39, 0.29) is 32.5 Å². The fourth-order valence-corrected chi connectivity index (χ4v) is 4.61. The van der Waals surface area contributed by atoms with Gasteiger partial charge in [-0.2, -0.15) is 0 Å². The smallest absolute Gasteiger partial charge is 0.413 e. The molecule has 4 aromatic rings. The lowest BCUT2D eigenvalue weighted by Gasteiger charge is -2.34. The third kappa shape index (κ3) is 7.87. The zero-order chi connectivity index (χ0) is 29.5. The molecule has 0 atom stereocenters. The molecule has 1 fully saturated rings. The molecular formula is C29H34N8O6. The van der Waals surface area contributed by atoms with Crippen LogP contribution in [0.3, 0.4) is 0 Å². The van der Waals surface area contributed by atoms with Crippen molar-refractivity contribution < 1.29 is 29.0 Å². The molecule has 3 N–H and O–H groups in total. The highest BCUT2D eigenvalue weighted by atomic mass is 16.5. The maximum absolute atomic E-state index is 12.2. The number of carboxylic acid groups (broad SMARTS) is 1. The topological polar surface area (TPSA) is 176 Å². The maximum atomic E-state index is 12.2. The van der Waals surface area contributed by atoms with E-state index >= 15 is 0 Å². The summed E-state index contributed by atoms with van der Waals surface area (Å²) in [7, 11) is 0. The van der Waals surface area contributed by atoms with Gasteiger partial charge in [0.1, 0.15) is 18.7 Å². The van der Waals surface area contributed by atoms with Gasteiger partial charge in [0.05, 0.1) is 17.8 Å². The van der Waals surface area contributed by atoms with E-state index in [2.05, 4.69) is 35.1 Å². The summed E-state index contributed by atoms with van der Waals surface area (Å²) in [5.74, 6) is -0.567. The van der Waals surface area contributed by atoms with Crippen molar-refractivity contribution in [2.75, 3.05) is 51.3 Å². The van der Waals surface area contributed by atoms with Gasteiger partial charge in [0.2, 0.25) is 11.9 Å². The Hall–Kier alpha value is -4.95. The molecule has 4 heterocycles. The lowest BCUT2D eigenvalue weighted by atomic mass is 10.0. The van der Waals surface area contributed by atoms with E-state index in [1.165, 1.54) is 0 Å². The van der Waals surface area contributed by atoms with Gasteiger partial charge in [0, 0.05) is 62.4 Å². The van der Waals surface area contributed by atoms with Crippen molar-refractivity contribution in [2.45, 2.75) is 20.9 Å². The first-order valence-corrected chi connectivity index (χ1v) is 13.4. The average Bonchev–Trinajstić information content (AvgIpc) is 3.40. The Balaban J connectivity index is 0.00000423. The number of benzene rings is 1. The average molecular weight is 591 g/mol. The second-order valence-corrected chi connectivity index (χ2v) is 9.50. The van der Waals surface area contributed by atoms with Crippen LogP contribution >= 0.6 is 0 Å². The van der Waals surface area contributed by atoms with Crippen LogP contribution in [0.1, 0.15) is 20.0 Å². The normalized spacial score (nSPS) is 13.4. The number of ether oxygens (including phenoxy) is 2. The number of aromatic nitrogens is 5. The van der Waals surface area contributed by atoms with E-state index in [0.717, 1.165) is 16.8 Å². The van der Waals surface area contributed by atoms with Crippen LogP contribution in [-0.2, 0) is 25.6 Å². The van der Waals surface area contributed by atoms with E-state index in [0.29, 0.717) is 55.1 Å². The second kappa shape index (κ2) is 14.3. The Morgan fingerprint density at radius 3 is 2.47 bits per heavy atom. The van der Waals surface area contributed by atoms with E-state index in [4.69, 9.17) is 14.6 Å². The standard InChI is InChI=1S/C28H30N8O6.CH4/c1-2-42-28(40)34-27-32-22-13-19(12-21(25(22)33-27)26-29-6-3-7-30-26)18-4-5-20(31-14-18)15-35-8-10-36(11-9-35)23(37)16-41-17-24(38)39;/h3-7,12-14H,2,8-11,15-17H2,1H3,(H,38,39)(H2,32,33,34,40);1H4.